The van der Waals surface area contributed by atoms with E-state index >= 15 is 0 Å². The van der Waals surface area contributed by atoms with Gasteiger partial charge in [-0.05, 0) is 41.0 Å². The van der Waals surface area contributed by atoms with Crippen molar-refractivity contribution >= 4 is 15.9 Å². The first-order valence-electron chi connectivity index (χ1n) is 3.74. The number of aromatic nitrogens is 1. The second kappa shape index (κ2) is 4.54. The highest BCUT2D eigenvalue weighted by molar-refractivity contribution is 9.10. The largest absolute Gasteiger partial charge is 0.387 e. The van der Waals surface area contributed by atoms with Crippen LogP contribution in [0.15, 0.2) is 22.8 Å². The normalized spacial score (nSPS) is 12.9. The van der Waals surface area contributed by atoms with Gasteiger partial charge in [0.05, 0.1) is 11.8 Å². The molecule has 1 atom stereocenters. The van der Waals surface area contributed by atoms with Gasteiger partial charge in [0.15, 0.2) is 0 Å². The Hall–Kier alpha value is -0.450. The first-order chi connectivity index (χ1) is 5.75. The van der Waals surface area contributed by atoms with Crippen LogP contribution in [0.2, 0.25) is 0 Å². The average molecular weight is 231 g/mol. The fourth-order valence-corrected chi connectivity index (χ4v) is 1.46. The van der Waals surface area contributed by atoms with Gasteiger partial charge in [0, 0.05) is 10.7 Å². The summed E-state index contributed by atoms with van der Waals surface area (Å²) in [7, 11) is 0. The molecule has 0 aliphatic carbocycles. The van der Waals surface area contributed by atoms with Gasteiger partial charge < -0.3 is 10.8 Å². The monoisotopic (exact) mass is 230 g/mol. The Morgan fingerprint density at radius 1 is 1.67 bits per heavy atom. The van der Waals surface area contributed by atoms with Crippen LogP contribution in [0.1, 0.15) is 18.2 Å². The Morgan fingerprint density at radius 2 is 2.42 bits per heavy atom. The summed E-state index contributed by atoms with van der Waals surface area (Å²) in [4.78, 5) is 4.04. The Labute approximate surface area is 79.7 Å². The molecule has 3 nitrogen and oxygen atoms in total. The predicted octanol–water partition coefficient (Wildman–Crippen LogP) is 1.23. The molecule has 1 aromatic rings. The van der Waals surface area contributed by atoms with Gasteiger partial charge in [-0.3, -0.25) is 4.98 Å². The van der Waals surface area contributed by atoms with E-state index < -0.39 is 6.10 Å². The Morgan fingerprint density at radius 3 is 3.00 bits per heavy atom. The molecule has 0 aliphatic heterocycles. The van der Waals surface area contributed by atoms with E-state index in [0.29, 0.717) is 18.7 Å². The van der Waals surface area contributed by atoms with E-state index in [9.17, 15) is 5.11 Å². The number of rotatable bonds is 3. The average Bonchev–Trinajstić information content (AvgIpc) is 2.05. The molecule has 12 heavy (non-hydrogen) atoms. The molecule has 4 heteroatoms. The van der Waals surface area contributed by atoms with Crippen LogP contribution in [0.4, 0.5) is 0 Å². The van der Waals surface area contributed by atoms with Gasteiger partial charge in [0.2, 0.25) is 0 Å². The van der Waals surface area contributed by atoms with Crippen LogP contribution in [0, 0.1) is 0 Å². The van der Waals surface area contributed by atoms with Gasteiger partial charge in [-0.1, -0.05) is 0 Å². The molecule has 0 saturated carbocycles. The molecule has 0 aromatic carbocycles. The van der Waals surface area contributed by atoms with Crippen molar-refractivity contribution in [3.8, 4) is 0 Å². The van der Waals surface area contributed by atoms with Gasteiger partial charge in [-0.15, -0.1) is 0 Å². The summed E-state index contributed by atoms with van der Waals surface area (Å²) in [5.41, 5.74) is 5.97. The highest BCUT2D eigenvalue weighted by Crippen LogP contribution is 2.22. The van der Waals surface area contributed by atoms with Crippen molar-refractivity contribution in [1.82, 2.24) is 4.98 Å². The quantitative estimate of drug-likeness (QED) is 0.822. The zero-order valence-corrected chi connectivity index (χ0v) is 8.16. The van der Waals surface area contributed by atoms with Crippen molar-refractivity contribution in [3.63, 3.8) is 0 Å². The summed E-state index contributed by atoms with van der Waals surface area (Å²) >= 11 is 3.30. The maximum atomic E-state index is 9.53. The lowest BCUT2D eigenvalue weighted by Gasteiger charge is -2.09. The number of nitrogens with zero attached hydrogens (tertiary/aromatic N) is 1. The van der Waals surface area contributed by atoms with Crippen molar-refractivity contribution < 1.29 is 5.11 Å². The number of aliphatic hydroxyl groups is 1. The van der Waals surface area contributed by atoms with Crippen LogP contribution in [0.5, 0.6) is 0 Å². The van der Waals surface area contributed by atoms with Crippen LogP contribution in [0.3, 0.4) is 0 Å². The lowest BCUT2D eigenvalue weighted by molar-refractivity contribution is 0.165. The van der Waals surface area contributed by atoms with E-state index in [-0.39, 0.29) is 0 Å². The van der Waals surface area contributed by atoms with E-state index in [1.54, 1.807) is 6.20 Å². The number of aliphatic hydroxyl groups excluding tert-OH is 1. The summed E-state index contributed by atoms with van der Waals surface area (Å²) in [5.74, 6) is 0. The highest BCUT2D eigenvalue weighted by atomic mass is 79.9. The van der Waals surface area contributed by atoms with E-state index in [2.05, 4.69) is 20.9 Å². The van der Waals surface area contributed by atoms with Crippen molar-refractivity contribution in [2.45, 2.75) is 12.5 Å². The van der Waals surface area contributed by atoms with Crippen LogP contribution >= 0.6 is 15.9 Å². The zero-order chi connectivity index (χ0) is 8.97. The van der Waals surface area contributed by atoms with E-state index in [4.69, 9.17) is 5.73 Å². The molecule has 0 radical (unpaired) electrons. The van der Waals surface area contributed by atoms with Crippen LogP contribution in [-0.2, 0) is 0 Å². The maximum absolute atomic E-state index is 9.53. The zero-order valence-electron chi connectivity index (χ0n) is 6.57. The molecular formula is C8H11BrN2O. The molecule has 0 fully saturated rings. The molecule has 1 heterocycles. The summed E-state index contributed by atoms with van der Waals surface area (Å²) in [6.07, 6.45) is 1.63. The van der Waals surface area contributed by atoms with Crippen molar-refractivity contribution in [2.24, 2.45) is 5.73 Å². The molecule has 1 rings (SSSR count). The van der Waals surface area contributed by atoms with Gasteiger partial charge in [-0.2, -0.15) is 0 Å². The Kier molecular flexibility index (Phi) is 3.65. The van der Waals surface area contributed by atoms with Gasteiger partial charge in [0.1, 0.15) is 0 Å². The third-order valence-corrected chi connectivity index (χ3v) is 2.21. The molecule has 0 amide bonds. The summed E-state index contributed by atoms with van der Waals surface area (Å²) in [6, 6.07) is 3.66. The van der Waals surface area contributed by atoms with Crippen molar-refractivity contribution in [2.75, 3.05) is 6.54 Å². The minimum atomic E-state index is -0.564. The number of hydrogen-bond donors (Lipinski definition) is 2. The minimum absolute atomic E-state index is 0.462. The van der Waals surface area contributed by atoms with Crippen LogP contribution in [0.25, 0.3) is 0 Å². The van der Waals surface area contributed by atoms with Crippen LogP contribution < -0.4 is 5.73 Å². The number of halogens is 1. The molecule has 0 spiro atoms. The first kappa shape index (κ1) is 9.64. The predicted molar refractivity (Wildman–Crippen MR) is 50.6 cm³/mol. The summed E-state index contributed by atoms with van der Waals surface area (Å²) in [5, 5.41) is 9.53. The topological polar surface area (TPSA) is 59.1 Å². The number of pyridine rings is 1. The van der Waals surface area contributed by atoms with Gasteiger partial charge in [0.25, 0.3) is 0 Å². The number of nitrogens with two attached hydrogens (primary N) is 1. The fourth-order valence-electron chi connectivity index (χ4n) is 0.938. The van der Waals surface area contributed by atoms with E-state index in [1.165, 1.54) is 0 Å². The first-order valence-corrected chi connectivity index (χ1v) is 4.53. The lowest BCUT2D eigenvalue weighted by atomic mass is 10.2. The molecular weight excluding hydrogens is 220 g/mol. The molecule has 0 bridgehead atoms. The van der Waals surface area contributed by atoms with Crippen molar-refractivity contribution in [3.05, 3.63) is 28.5 Å². The summed E-state index contributed by atoms with van der Waals surface area (Å²) in [6.45, 7) is 0.462. The molecule has 0 aliphatic rings. The van der Waals surface area contributed by atoms with Gasteiger partial charge in [-0.25, -0.2) is 0 Å². The Balaban J connectivity index is 2.79. The van der Waals surface area contributed by atoms with E-state index in [1.807, 2.05) is 12.1 Å². The van der Waals surface area contributed by atoms with E-state index in [0.717, 1.165) is 4.47 Å². The second-order valence-electron chi connectivity index (χ2n) is 2.46. The lowest BCUT2D eigenvalue weighted by Crippen LogP contribution is -2.08. The third-order valence-electron chi connectivity index (χ3n) is 1.54. The second-order valence-corrected chi connectivity index (χ2v) is 3.32. The fraction of sp³-hybridized carbons (Fsp3) is 0.375. The van der Waals surface area contributed by atoms with Gasteiger partial charge >= 0.3 is 0 Å². The van der Waals surface area contributed by atoms with Crippen LogP contribution in [-0.4, -0.2) is 16.6 Å². The minimum Gasteiger partial charge on any atom is -0.387 e. The van der Waals surface area contributed by atoms with Crippen molar-refractivity contribution in [1.29, 1.82) is 0 Å². The maximum Gasteiger partial charge on any atom is 0.0983 e. The molecule has 1 aromatic heterocycles. The molecule has 0 unspecified atom stereocenters. The molecule has 0 saturated heterocycles. The highest BCUT2D eigenvalue weighted by Gasteiger charge is 2.10. The SMILES string of the molecule is NCC[C@@H](O)c1ncccc1Br. The molecule has 3 N–H and O–H groups in total. The molecule has 66 valence electrons. The standard InChI is InChI=1S/C8H11BrN2O/c9-6-2-1-5-11-8(6)7(12)3-4-10/h1-2,5,7,12H,3-4,10H2/t7-/m1/s1. The number of hydrogen-bond acceptors (Lipinski definition) is 3. The summed E-state index contributed by atoms with van der Waals surface area (Å²) < 4.78 is 0.825. The smallest absolute Gasteiger partial charge is 0.0983 e. The third kappa shape index (κ3) is 2.27. The Bertz CT molecular complexity index is 255.